The number of aromatic amines is 1. The molecule has 0 radical (unpaired) electrons. The average Bonchev–Trinajstić information content (AvgIpc) is 2.61. The number of ether oxygens (including phenoxy) is 1. The third-order valence-electron chi connectivity index (χ3n) is 6.74. The molecule has 2 aromatic rings. The SMILES string of the molecule is C[C@H]1CCC2[C@H](C1)c1c(nc(C(C)(C)c3ccccc3)[nH]c1=O)OC2(C)C. The van der Waals surface area contributed by atoms with Gasteiger partial charge in [-0.25, -0.2) is 0 Å². The number of hydrogen-bond donors (Lipinski definition) is 1. The Morgan fingerprint density at radius 3 is 2.59 bits per heavy atom. The number of aromatic nitrogens is 2. The third kappa shape index (κ3) is 2.99. The van der Waals surface area contributed by atoms with E-state index >= 15 is 0 Å². The monoisotopic (exact) mass is 366 g/mol. The van der Waals surface area contributed by atoms with Crippen molar-refractivity contribution >= 4 is 0 Å². The Morgan fingerprint density at radius 2 is 1.89 bits per heavy atom. The molecule has 0 saturated heterocycles. The van der Waals surface area contributed by atoms with Crippen LogP contribution in [0.1, 0.15) is 76.8 Å². The van der Waals surface area contributed by atoms with Crippen LogP contribution in [-0.2, 0) is 5.41 Å². The second kappa shape index (κ2) is 6.22. The molecule has 1 aromatic carbocycles. The van der Waals surface area contributed by atoms with Crippen molar-refractivity contribution in [2.24, 2.45) is 11.8 Å². The Labute approximate surface area is 161 Å². The lowest BCUT2D eigenvalue weighted by molar-refractivity contribution is -0.0189. The number of fused-ring (bicyclic) bond motifs is 3. The van der Waals surface area contributed by atoms with Crippen molar-refractivity contribution in [3.8, 4) is 5.88 Å². The first kappa shape index (κ1) is 18.3. The van der Waals surface area contributed by atoms with E-state index in [9.17, 15) is 4.79 Å². The minimum absolute atomic E-state index is 0.0291. The molecule has 1 unspecified atom stereocenters. The minimum atomic E-state index is -0.403. The molecule has 144 valence electrons. The topological polar surface area (TPSA) is 55.0 Å². The Kier molecular flexibility index (Phi) is 4.21. The van der Waals surface area contributed by atoms with E-state index in [4.69, 9.17) is 9.72 Å². The normalized spacial score (nSPS) is 26.6. The van der Waals surface area contributed by atoms with Gasteiger partial charge in [-0.05, 0) is 52.0 Å². The summed E-state index contributed by atoms with van der Waals surface area (Å²) in [5.74, 6) is 2.44. The van der Waals surface area contributed by atoms with E-state index in [1.165, 1.54) is 6.42 Å². The summed E-state index contributed by atoms with van der Waals surface area (Å²) in [4.78, 5) is 21.1. The second-order valence-corrected chi connectivity index (χ2v) is 9.46. The number of H-pyrrole nitrogens is 1. The fourth-order valence-corrected chi connectivity index (χ4v) is 5.01. The molecule has 1 saturated carbocycles. The summed E-state index contributed by atoms with van der Waals surface area (Å²) < 4.78 is 6.35. The van der Waals surface area contributed by atoms with Gasteiger partial charge in [0.1, 0.15) is 11.4 Å². The van der Waals surface area contributed by atoms with Crippen molar-refractivity contribution < 1.29 is 4.74 Å². The first-order valence-electron chi connectivity index (χ1n) is 10.1. The molecule has 0 amide bonds. The van der Waals surface area contributed by atoms with Gasteiger partial charge in [0.05, 0.1) is 5.56 Å². The highest BCUT2D eigenvalue weighted by Gasteiger charge is 2.48. The summed E-state index contributed by atoms with van der Waals surface area (Å²) in [6.45, 7) is 10.8. The molecule has 2 aliphatic rings. The highest BCUT2D eigenvalue weighted by atomic mass is 16.5. The van der Waals surface area contributed by atoms with Gasteiger partial charge in [0, 0.05) is 17.3 Å². The maximum atomic E-state index is 13.2. The summed E-state index contributed by atoms with van der Waals surface area (Å²) in [7, 11) is 0. The standard InChI is InChI=1S/C23H30N2O2/c1-14-11-12-17-16(13-14)18-19(26)24-21(25-20(18)27-23(17,4)5)22(2,3)15-9-7-6-8-10-15/h6-10,14,16-17H,11-13H2,1-5H3,(H,24,25,26)/t14-,16-,17?/m0/s1. The lowest BCUT2D eigenvalue weighted by atomic mass is 9.65. The Hall–Kier alpha value is -2.10. The number of rotatable bonds is 2. The first-order chi connectivity index (χ1) is 12.7. The summed E-state index contributed by atoms with van der Waals surface area (Å²) >= 11 is 0. The van der Waals surface area contributed by atoms with E-state index in [-0.39, 0.29) is 17.1 Å². The van der Waals surface area contributed by atoms with Gasteiger partial charge >= 0.3 is 0 Å². The van der Waals surface area contributed by atoms with E-state index in [0.717, 1.165) is 24.0 Å². The predicted octanol–water partition coefficient (Wildman–Crippen LogP) is 4.79. The van der Waals surface area contributed by atoms with Crippen molar-refractivity contribution in [1.82, 2.24) is 9.97 Å². The minimum Gasteiger partial charge on any atom is -0.471 e. The molecule has 27 heavy (non-hydrogen) atoms. The molecule has 1 N–H and O–H groups in total. The van der Waals surface area contributed by atoms with E-state index < -0.39 is 5.41 Å². The molecule has 0 bridgehead atoms. The number of nitrogens with zero attached hydrogens (tertiary/aromatic N) is 1. The van der Waals surface area contributed by atoms with Crippen LogP contribution in [-0.4, -0.2) is 15.6 Å². The molecule has 2 heterocycles. The van der Waals surface area contributed by atoms with Crippen LogP contribution in [0.5, 0.6) is 5.88 Å². The lowest BCUT2D eigenvalue weighted by Gasteiger charge is -2.47. The van der Waals surface area contributed by atoms with Gasteiger partial charge in [-0.2, -0.15) is 4.98 Å². The zero-order chi connectivity index (χ0) is 19.4. The van der Waals surface area contributed by atoms with Crippen molar-refractivity contribution in [2.75, 3.05) is 0 Å². The largest absolute Gasteiger partial charge is 0.471 e. The van der Waals surface area contributed by atoms with Crippen molar-refractivity contribution in [2.45, 2.75) is 70.8 Å². The average molecular weight is 367 g/mol. The van der Waals surface area contributed by atoms with Gasteiger partial charge < -0.3 is 9.72 Å². The zero-order valence-electron chi connectivity index (χ0n) is 17.0. The molecular formula is C23H30N2O2. The fourth-order valence-electron chi connectivity index (χ4n) is 5.01. The van der Waals surface area contributed by atoms with Gasteiger partial charge in [-0.3, -0.25) is 4.79 Å². The quantitative estimate of drug-likeness (QED) is 0.832. The van der Waals surface area contributed by atoms with Crippen LogP contribution >= 0.6 is 0 Å². The lowest BCUT2D eigenvalue weighted by Crippen LogP contribution is -2.49. The van der Waals surface area contributed by atoms with Gasteiger partial charge in [0.15, 0.2) is 0 Å². The van der Waals surface area contributed by atoms with Crippen LogP contribution in [0.25, 0.3) is 0 Å². The summed E-state index contributed by atoms with van der Waals surface area (Å²) in [5, 5.41) is 0. The van der Waals surface area contributed by atoms with Crippen LogP contribution in [0, 0.1) is 11.8 Å². The van der Waals surface area contributed by atoms with Crippen molar-refractivity contribution in [3.05, 3.63) is 57.6 Å². The zero-order valence-corrected chi connectivity index (χ0v) is 17.0. The predicted molar refractivity (Wildman–Crippen MR) is 107 cm³/mol. The molecule has 4 nitrogen and oxygen atoms in total. The molecular weight excluding hydrogens is 336 g/mol. The fraction of sp³-hybridized carbons (Fsp3) is 0.565. The van der Waals surface area contributed by atoms with Gasteiger partial charge in [0.25, 0.3) is 5.56 Å². The second-order valence-electron chi connectivity index (χ2n) is 9.46. The maximum absolute atomic E-state index is 13.2. The van der Waals surface area contributed by atoms with E-state index in [2.05, 4.69) is 51.7 Å². The molecule has 1 aliphatic carbocycles. The van der Waals surface area contributed by atoms with Crippen LogP contribution in [0.15, 0.2) is 35.1 Å². The van der Waals surface area contributed by atoms with Gasteiger partial charge in [-0.15, -0.1) is 0 Å². The van der Waals surface area contributed by atoms with Crippen LogP contribution in [0.4, 0.5) is 0 Å². The number of nitrogens with one attached hydrogen (secondary N) is 1. The van der Waals surface area contributed by atoms with Crippen LogP contribution < -0.4 is 10.3 Å². The molecule has 3 atom stereocenters. The van der Waals surface area contributed by atoms with E-state index in [1.807, 2.05) is 18.2 Å². The molecule has 0 spiro atoms. The highest BCUT2D eigenvalue weighted by molar-refractivity contribution is 5.37. The number of benzene rings is 1. The van der Waals surface area contributed by atoms with Gasteiger partial charge in [0.2, 0.25) is 5.88 Å². The molecule has 4 heteroatoms. The molecule has 4 rings (SSSR count). The van der Waals surface area contributed by atoms with E-state index in [0.29, 0.717) is 23.5 Å². The smallest absolute Gasteiger partial charge is 0.258 e. The summed E-state index contributed by atoms with van der Waals surface area (Å²) in [6, 6.07) is 10.2. The highest BCUT2D eigenvalue weighted by Crippen LogP contribution is 2.51. The molecule has 1 aromatic heterocycles. The van der Waals surface area contributed by atoms with Gasteiger partial charge in [-0.1, -0.05) is 43.7 Å². The summed E-state index contributed by atoms with van der Waals surface area (Å²) in [5.41, 5.74) is 1.15. The van der Waals surface area contributed by atoms with Crippen LogP contribution in [0.3, 0.4) is 0 Å². The molecule has 1 aliphatic heterocycles. The van der Waals surface area contributed by atoms with E-state index in [1.54, 1.807) is 0 Å². The summed E-state index contributed by atoms with van der Waals surface area (Å²) in [6.07, 6.45) is 3.35. The Bertz CT molecular complexity index is 898. The van der Waals surface area contributed by atoms with Crippen LogP contribution in [0.2, 0.25) is 0 Å². The third-order valence-corrected chi connectivity index (χ3v) is 6.74. The molecule has 1 fully saturated rings. The van der Waals surface area contributed by atoms with Crippen molar-refractivity contribution in [1.29, 1.82) is 0 Å². The Morgan fingerprint density at radius 1 is 1.19 bits per heavy atom. The number of hydrogen-bond acceptors (Lipinski definition) is 3. The Balaban J connectivity index is 1.83. The maximum Gasteiger partial charge on any atom is 0.258 e. The first-order valence-corrected chi connectivity index (χ1v) is 10.1. The van der Waals surface area contributed by atoms with Crippen molar-refractivity contribution in [3.63, 3.8) is 0 Å².